The van der Waals surface area contributed by atoms with Gasteiger partial charge in [0.1, 0.15) is 12.3 Å². The number of nitrogens with one attached hydrogen (secondary N) is 2. The van der Waals surface area contributed by atoms with Crippen LogP contribution in [0.15, 0.2) is 41.3 Å². The van der Waals surface area contributed by atoms with Gasteiger partial charge in [0.2, 0.25) is 10.0 Å². The molecule has 1 aliphatic rings. The SMILES string of the molecule is COc1c(NCC#Cc2cc3c(NC4CCN(C)CC4)cccc3n2CC(F)(F)F)ccc(S(N)(=O)=O)c1CCO. The highest BCUT2D eigenvalue weighted by Crippen LogP contribution is 2.34. The fourth-order valence-electron chi connectivity index (χ4n) is 5.11. The van der Waals surface area contributed by atoms with Gasteiger partial charge in [-0.1, -0.05) is 12.0 Å². The van der Waals surface area contributed by atoms with E-state index in [1.54, 1.807) is 18.2 Å². The number of aromatic nitrogens is 1. The molecule has 13 heteroatoms. The van der Waals surface area contributed by atoms with Crippen molar-refractivity contribution >= 4 is 32.3 Å². The number of likely N-dealkylation sites (tertiary alicyclic amines) is 1. The molecule has 1 aliphatic heterocycles. The number of aliphatic hydroxyl groups is 1. The smallest absolute Gasteiger partial charge is 0.406 e. The topological polar surface area (TPSA) is 122 Å². The van der Waals surface area contributed by atoms with Gasteiger partial charge in [-0.15, -0.1) is 0 Å². The van der Waals surface area contributed by atoms with Gasteiger partial charge in [0.05, 0.1) is 35.4 Å². The van der Waals surface area contributed by atoms with Crippen LogP contribution in [0.5, 0.6) is 5.75 Å². The zero-order valence-electron chi connectivity index (χ0n) is 22.9. The normalized spacial score (nSPS) is 15.0. The van der Waals surface area contributed by atoms with Crippen LogP contribution in [0.25, 0.3) is 10.9 Å². The lowest BCUT2D eigenvalue weighted by Gasteiger charge is -2.30. The Bertz CT molecular complexity index is 1550. The van der Waals surface area contributed by atoms with Crippen molar-refractivity contribution in [3.8, 4) is 17.6 Å². The molecule has 2 heterocycles. The molecule has 222 valence electrons. The molecule has 0 unspecified atom stereocenters. The number of sulfonamides is 1. The van der Waals surface area contributed by atoms with Crippen molar-refractivity contribution in [2.75, 3.05) is 51.0 Å². The monoisotopic (exact) mass is 593 g/mol. The molecule has 9 nitrogen and oxygen atoms in total. The molecule has 0 spiro atoms. The highest BCUT2D eigenvalue weighted by Gasteiger charge is 2.30. The summed E-state index contributed by atoms with van der Waals surface area (Å²) in [5, 5.41) is 21.9. The van der Waals surface area contributed by atoms with Crippen LogP contribution < -0.4 is 20.5 Å². The van der Waals surface area contributed by atoms with Gasteiger partial charge >= 0.3 is 6.18 Å². The minimum atomic E-state index is -4.44. The quantitative estimate of drug-likeness (QED) is 0.281. The molecule has 0 atom stereocenters. The third kappa shape index (κ3) is 7.45. The van der Waals surface area contributed by atoms with E-state index in [-0.39, 0.29) is 47.5 Å². The number of anilines is 2. The van der Waals surface area contributed by atoms with Crippen molar-refractivity contribution < 1.29 is 31.4 Å². The molecule has 4 rings (SSSR count). The van der Waals surface area contributed by atoms with E-state index in [1.807, 2.05) is 6.07 Å². The number of benzene rings is 2. The molecular formula is C28H34F3N5O4S. The largest absolute Gasteiger partial charge is 0.494 e. The lowest BCUT2D eigenvalue weighted by atomic mass is 10.0. The summed E-state index contributed by atoms with van der Waals surface area (Å²) in [6.07, 6.45) is -2.58. The van der Waals surface area contributed by atoms with E-state index in [4.69, 9.17) is 9.88 Å². The fraction of sp³-hybridized carbons (Fsp3) is 0.429. The number of nitrogens with zero attached hydrogens (tertiary/aromatic N) is 2. The van der Waals surface area contributed by atoms with E-state index in [2.05, 4.69) is 34.4 Å². The highest BCUT2D eigenvalue weighted by molar-refractivity contribution is 7.89. The summed E-state index contributed by atoms with van der Waals surface area (Å²) in [4.78, 5) is 2.08. The number of methoxy groups -OCH3 is 1. The first-order chi connectivity index (χ1) is 19.4. The first-order valence-corrected chi connectivity index (χ1v) is 14.7. The molecule has 0 bridgehead atoms. The van der Waals surface area contributed by atoms with Gasteiger partial charge in [0.15, 0.2) is 0 Å². The van der Waals surface area contributed by atoms with Crippen LogP contribution >= 0.6 is 0 Å². The third-order valence-electron chi connectivity index (χ3n) is 7.04. The van der Waals surface area contributed by atoms with Crippen LogP contribution in [0, 0.1) is 11.8 Å². The minimum absolute atomic E-state index is 0.0123. The van der Waals surface area contributed by atoms with Crippen molar-refractivity contribution in [3.63, 3.8) is 0 Å². The summed E-state index contributed by atoms with van der Waals surface area (Å²) in [6.45, 7) is 0.407. The number of primary sulfonamides is 1. The Morgan fingerprint density at radius 1 is 1.17 bits per heavy atom. The Morgan fingerprint density at radius 3 is 2.54 bits per heavy atom. The van der Waals surface area contributed by atoms with Crippen LogP contribution in [0.1, 0.15) is 24.1 Å². The van der Waals surface area contributed by atoms with Crippen LogP contribution in [0.3, 0.4) is 0 Å². The molecule has 0 radical (unpaired) electrons. The van der Waals surface area contributed by atoms with Crippen molar-refractivity contribution in [2.24, 2.45) is 5.14 Å². The van der Waals surface area contributed by atoms with Crippen LogP contribution in [0.4, 0.5) is 24.5 Å². The first kappa shape index (κ1) is 30.5. The fourth-order valence-corrected chi connectivity index (χ4v) is 5.90. The maximum Gasteiger partial charge on any atom is 0.406 e. The molecule has 3 aromatic rings. The molecule has 1 fully saturated rings. The second kappa shape index (κ2) is 12.6. The number of ether oxygens (including phenoxy) is 1. The molecule has 1 aromatic heterocycles. The summed E-state index contributed by atoms with van der Waals surface area (Å²) in [6, 6.07) is 9.94. The predicted molar refractivity (Wildman–Crippen MR) is 153 cm³/mol. The molecule has 0 saturated carbocycles. The van der Waals surface area contributed by atoms with E-state index in [0.29, 0.717) is 16.6 Å². The molecule has 1 saturated heterocycles. The van der Waals surface area contributed by atoms with Crippen LogP contribution in [-0.4, -0.2) is 75.6 Å². The number of nitrogens with two attached hydrogens (primary N) is 1. The number of alkyl halides is 3. The summed E-state index contributed by atoms with van der Waals surface area (Å²) in [7, 11) is -0.642. The number of fused-ring (bicyclic) bond motifs is 1. The first-order valence-electron chi connectivity index (χ1n) is 13.1. The lowest BCUT2D eigenvalue weighted by molar-refractivity contribution is -0.140. The molecular weight excluding hydrogens is 559 g/mol. The van der Waals surface area contributed by atoms with Gasteiger partial charge in [-0.05, 0) is 69.2 Å². The van der Waals surface area contributed by atoms with E-state index < -0.39 is 22.7 Å². The highest BCUT2D eigenvalue weighted by atomic mass is 32.2. The Hall–Kier alpha value is -3.44. The summed E-state index contributed by atoms with van der Waals surface area (Å²) in [5.41, 5.74) is 2.04. The van der Waals surface area contributed by atoms with E-state index in [0.717, 1.165) is 31.6 Å². The number of hydrogen-bond donors (Lipinski definition) is 4. The van der Waals surface area contributed by atoms with Crippen LogP contribution in [-0.2, 0) is 23.0 Å². The Balaban J connectivity index is 1.62. The van der Waals surface area contributed by atoms with Crippen molar-refractivity contribution in [2.45, 2.75) is 42.9 Å². The lowest BCUT2D eigenvalue weighted by Crippen LogP contribution is -2.36. The van der Waals surface area contributed by atoms with Crippen LogP contribution in [0.2, 0.25) is 0 Å². The predicted octanol–water partition coefficient (Wildman–Crippen LogP) is 3.36. The molecule has 5 N–H and O–H groups in total. The third-order valence-corrected chi connectivity index (χ3v) is 8.03. The Kier molecular flexibility index (Phi) is 9.38. The van der Waals surface area contributed by atoms with Gasteiger partial charge in [-0.25, -0.2) is 13.6 Å². The van der Waals surface area contributed by atoms with E-state index in [1.165, 1.54) is 23.8 Å². The molecule has 2 aromatic carbocycles. The maximum absolute atomic E-state index is 13.6. The molecule has 0 aliphatic carbocycles. The maximum atomic E-state index is 13.6. The molecule has 0 amide bonds. The van der Waals surface area contributed by atoms with Gasteiger partial charge in [0, 0.05) is 35.7 Å². The average molecular weight is 594 g/mol. The van der Waals surface area contributed by atoms with E-state index in [9.17, 15) is 26.7 Å². The average Bonchev–Trinajstić information content (AvgIpc) is 3.24. The number of aliphatic hydroxyl groups excluding tert-OH is 1. The second-order valence-corrected chi connectivity index (χ2v) is 11.5. The van der Waals surface area contributed by atoms with Gasteiger partial charge in [-0.3, -0.25) is 0 Å². The zero-order chi connectivity index (χ0) is 29.8. The Labute approximate surface area is 237 Å². The zero-order valence-corrected chi connectivity index (χ0v) is 23.7. The second-order valence-electron chi connectivity index (χ2n) is 9.99. The number of piperidine rings is 1. The number of rotatable bonds is 9. The Morgan fingerprint density at radius 2 is 1.90 bits per heavy atom. The standard InChI is InChI=1S/C28H34F3N5O4S/c1-35-14-10-19(11-15-35)34-23-6-3-7-25-22(23)17-20(36(25)18-28(29,30)31)5-4-13-33-24-8-9-26(41(32,38)39)21(12-16-37)27(24)40-2/h3,6-9,17,19,33-34,37H,10-16,18H2,1-2H3,(H2,32,38,39). The van der Waals surface area contributed by atoms with Gasteiger partial charge in [-0.2, -0.15) is 13.2 Å². The van der Waals surface area contributed by atoms with Crippen molar-refractivity contribution in [1.82, 2.24) is 9.47 Å². The summed E-state index contributed by atoms with van der Waals surface area (Å²) in [5.74, 6) is 5.92. The van der Waals surface area contributed by atoms with Crippen molar-refractivity contribution in [1.29, 1.82) is 0 Å². The summed E-state index contributed by atoms with van der Waals surface area (Å²) < 4.78 is 71.2. The number of halogens is 3. The van der Waals surface area contributed by atoms with Gasteiger partial charge in [0.25, 0.3) is 0 Å². The molecule has 41 heavy (non-hydrogen) atoms. The minimum Gasteiger partial charge on any atom is -0.494 e. The van der Waals surface area contributed by atoms with Crippen molar-refractivity contribution in [3.05, 3.63) is 47.7 Å². The van der Waals surface area contributed by atoms with E-state index >= 15 is 0 Å². The van der Waals surface area contributed by atoms with Gasteiger partial charge < -0.3 is 29.9 Å². The summed E-state index contributed by atoms with van der Waals surface area (Å²) >= 11 is 0. The number of hydrogen-bond acceptors (Lipinski definition) is 7.